The first-order chi connectivity index (χ1) is 8.97. The monoisotopic (exact) mass is 264 g/mol. The fourth-order valence-corrected chi connectivity index (χ4v) is 2.23. The van der Waals surface area contributed by atoms with E-state index >= 15 is 0 Å². The summed E-state index contributed by atoms with van der Waals surface area (Å²) in [5.74, 6) is 0. The molecule has 2 atom stereocenters. The number of rotatable bonds is 8. The van der Waals surface area contributed by atoms with Crippen molar-refractivity contribution in [3.63, 3.8) is 0 Å². The molecule has 0 aromatic rings. The van der Waals surface area contributed by atoms with E-state index in [0.717, 1.165) is 13.0 Å². The third-order valence-electron chi connectivity index (χ3n) is 3.31. The Kier molecular flexibility index (Phi) is 9.54. The predicted octanol–water partition coefficient (Wildman–Crippen LogP) is 3.90. The molecule has 0 radical (unpaired) electrons. The van der Waals surface area contributed by atoms with Gasteiger partial charge >= 0.3 is 0 Å². The molecule has 0 aliphatic carbocycles. The maximum absolute atomic E-state index is 5.85. The van der Waals surface area contributed by atoms with Gasteiger partial charge in [-0.3, -0.25) is 4.90 Å². The van der Waals surface area contributed by atoms with E-state index in [1.807, 2.05) is 6.92 Å². The first-order valence-electron chi connectivity index (χ1n) is 7.41. The topological polar surface area (TPSA) is 29.3 Å². The highest BCUT2D eigenvalue weighted by Crippen LogP contribution is 2.17. The molecule has 2 N–H and O–H groups in total. The van der Waals surface area contributed by atoms with Crippen LogP contribution in [-0.4, -0.2) is 30.1 Å². The van der Waals surface area contributed by atoms with Gasteiger partial charge in [0.15, 0.2) is 0 Å². The first kappa shape index (κ1) is 18.1. The third-order valence-corrected chi connectivity index (χ3v) is 3.31. The molecule has 2 heteroatoms. The second-order valence-electron chi connectivity index (χ2n) is 5.41. The maximum atomic E-state index is 5.85. The largest absolute Gasteiger partial charge is 0.329 e. The van der Waals surface area contributed by atoms with Crippen LogP contribution in [0.5, 0.6) is 0 Å². The average Bonchev–Trinajstić information content (AvgIpc) is 2.38. The van der Waals surface area contributed by atoms with Gasteiger partial charge in [-0.1, -0.05) is 36.8 Å². The molecule has 0 bridgehead atoms. The third kappa shape index (κ3) is 6.74. The Bertz CT molecular complexity index is 322. The Labute approximate surface area is 120 Å². The Hall–Kier alpha value is -0.860. The highest BCUT2D eigenvalue weighted by Gasteiger charge is 2.20. The fraction of sp³-hybridized carbons (Fsp3) is 0.647. The van der Waals surface area contributed by atoms with Crippen LogP contribution in [-0.2, 0) is 0 Å². The summed E-state index contributed by atoms with van der Waals surface area (Å²) in [6.45, 7) is 14.8. The lowest BCUT2D eigenvalue weighted by Gasteiger charge is -2.34. The zero-order chi connectivity index (χ0) is 14.8. The van der Waals surface area contributed by atoms with E-state index in [4.69, 9.17) is 5.73 Å². The molecule has 2 nitrogen and oxygen atoms in total. The van der Waals surface area contributed by atoms with Crippen molar-refractivity contribution in [3.8, 4) is 0 Å². The molecule has 19 heavy (non-hydrogen) atoms. The molecule has 0 aromatic heterocycles. The fourth-order valence-electron chi connectivity index (χ4n) is 2.23. The molecule has 0 spiro atoms. The molecule has 0 fully saturated rings. The van der Waals surface area contributed by atoms with E-state index in [9.17, 15) is 0 Å². The van der Waals surface area contributed by atoms with Crippen molar-refractivity contribution in [1.82, 2.24) is 4.90 Å². The molecular weight excluding hydrogens is 232 g/mol. The van der Waals surface area contributed by atoms with Gasteiger partial charge in [-0.15, -0.1) is 0 Å². The van der Waals surface area contributed by atoms with Crippen molar-refractivity contribution in [3.05, 3.63) is 35.5 Å². The summed E-state index contributed by atoms with van der Waals surface area (Å²) in [7, 11) is 0. The Morgan fingerprint density at radius 3 is 2.32 bits per heavy atom. The van der Waals surface area contributed by atoms with Crippen LogP contribution >= 0.6 is 0 Å². The molecule has 0 aliphatic rings. The number of hydrogen-bond donors (Lipinski definition) is 1. The molecular formula is C17H32N2. The summed E-state index contributed by atoms with van der Waals surface area (Å²) in [5.41, 5.74) is 8.54. The van der Waals surface area contributed by atoms with Crippen LogP contribution in [0.25, 0.3) is 0 Å². The van der Waals surface area contributed by atoms with Crippen molar-refractivity contribution >= 4 is 0 Å². The second kappa shape index (κ2) is 9.99. The quantitative estimate of drug-likeness (QED) is 0.674. The summed E-state index contributed by atoms with van der Waals surface area (Å²) < 4.78 is 0. The summed E-state index contributed by atoms with van der Waals surface area (Å²) in [6.07, 6.45) is 9.82. The normalized spacial score (nSPS) is 15.9. The second-order valence-corrected chi connectivity index (χ2v) is 5.41. The predicted molar refractivity (Wildman–Crippen MR) is 87.3 cm³/mol. The summed E-state index contributed by atoms with van der Waals surface area (Å²) >= 11 is 0. The van der Waals surface area contributed by atoms with Gasteiger partial charge in [0.1, 0.15) is 0 Å². The van der Waals surface area contributed by atoms with Crippen molar-refractivity contribution in [2.45, 2.75) is 60.0 Å². The van der Waals surface area contributed by atoms with Crippen molar-refractivity contribution < 1.29 is 0 Å². The van der Waals surface area contributed by atoms with E-state index < -0.39 is 0 Å². The van der Waals surface area contributed by atoms with Crippen LogP contribution in [0.1, 0.15) is 48.0 Å². The smallest absolute Gasteiger partial charge is 0.0323 e. The van der Waals surface area contributed by atoms with Crippen LogP contribution in [0.2, 0.25) is 0 Å². The van der Waals surface area contributed by atoms with Gasteiger partial charge < -0.3 is 5.73 Å². The molecule has 0 saturated carbocycles. The van der Waals surface area contributed by atoms with Gasteiger partial charge in [-0.2, -0.15) is 0 Å². The Morgan fingerprint density at radius 1 is 1.26 bits per heavy atom. The zero-order valence-electron chi connectivity index (χ0n) is 13.6. The minimum atomic E-state index is 0.393. The molecule has 0 aliphatic heterocycles. The lowest BCUT2D eigenvalue weighted by atomic mass is 10.0. The first-order valence-corrected chi connectivity index (χ1v) is 7.41. The molecule has 0 saturated heterocycles. The van der Waals surface area contributed by atoms with Gasteiger partial charge in [-0.25, -0.2) is 0 Å². The van der Waals surface area contributed by atoms with E-state index in [0.29, 0.717) is 18.6 Å². The van der Waals surface area contributed by atoms with E-state index in [2.05, 4.69) is 63.8 Å². The van der Waals surface area contributed by atoms with Crippen molar-refractivity contribution in [2.24, 2.45) is 5.73 Å². The average molecular weight is 264 g/mol. The van der Waals surface area contributed by atoms with E-state index in [1.165, 1.54) is 11.1 Å². The minimum Gasteiger partial charge on any atom is -0.329 e. The Morgan fingerprint density at radius 2 is 1.89 bits per heavy atom. The minimum absolute atomic E-state index is 0.393. The number of allylic oxidation sites excluding steroid dienone is 4. The number of hydrogen-bond acceptors (Lipinski definition) is 2. The standard InChI is InChI=1S/C17H32N2/c1-7-9-10-17(12-14(3)4)16(6)19(11-8-2)15(5)13-18/h7,9-10,12,15-16H,8,11,13,18H2,1-6H3/b9-7-,17-10+/t15-,16+/m0/s1. The zero-order valence-corrected chi connectivity index (χ0v) is 13.6. The molecule has 0 rings (SSSR count). The van der Waals surface area contributed by atoms with Crippen molar-refractivity contribution in [2.75, 3.05) is 13.1 Å². The summed E-state index contributed by atoms with van der Waals surface area (Å²) in [6, 6.07) is 0.805. The van der Waals surface area contributed by atoms with Crippen LogP contribution < -0.4 is 5.73 Å². The molecule has 0 unspecified atom stereocenters. The molecule has 110 valence electrons. The molecule has 0 aromatic carbocycles. The van der Waals surface area contributed by atoms with E-state index in [1.54, 1.807) is 0 Å². The molecule has 0 heterocycles. The van der Waals surface area contributed by atoms with Crippen LogP contribution in [0, 0.1) is 0 Å². The van der Waals surface area contributed by atoms with Gasteiger partial charge in [0.25, 0.3) is 0 Å². The number of nitrogens with two attached hydrogens (primary N) is 1. The molecule has 0 amide bonds. The van der Waals surface area contributed by atoms with Crippen LogP contribution in [0.15, 0.2) is 35.5 Å². The van der Waals surface area contributed by atoms with Crippen LogP contribution in [0.3, 0.4) is 0 Å². The number of nitrogens with zero attached hydrogens (tertiary/aromatic N) is 1. The van der Waals surface area contributed by atoms with Gasteiger partial charge in [-0.05, 0) is 53.2 Å². The highest BCUT2D eigenvalue weighted by atomic mass is 15.2. The maximum Gasteiger partial charge on any atom is 0.0323 e. The van der Waals surface area contributed by atoms with E-state index in [-0.39, 0.29) is 0 Å². The van der Waals surface area contributed by atoms with Gasteiger partial charge in [0.2, 0.25) is 0 Å². The lowest BCUT2D eigenvalue weighted by molar-refractivity contribution is 0.179. The van der Waals surface area contributed by atoms with Crippen molar-refractivity contribution in [1.29, 1.82) is 0 Å². The van der Waals surface area contributed by atoms with Crippen LogP contribution in [0.4, 0.5) is 0 Å². The Balaban J connectivity index is 5.22. The lowest BCUT2D eigenvalue weighted by Crippen LogP contribution is -2.45. The van der Waals surface area contributed by atoms with Gasteiger partial charge in [0, 0.05) is 18.6 Å². The van der Waals surface area contributed by atoms with Gasteiger partial charge in [0.05, 0.1) is 0 Å². The SMILES string of the molecule is C/C=C\C=C(/C=C(C)C)[C@@H](C)N(CCC)[C@@H](C)CN. The summed E-state index contributed by atoms with van der Waals surface area (Å²) in [4.78, 5) is 2.49. The highest BCUT2D eigenvalue weighted by molar-refractivity contribution is 5.30. The summed E-state index contributed by atoms with van der Waals surface area (Å²) in [5, 5.41) is 0.